The summed E-state index contributed by atoms with van der Waals surface area (Å²) < 4.78 is 0. The van der Waals surface area contributed by atoms with E-state index in [1.54, 1.807) is 48.5 Å². The summed E-state index contributed by atoms with van der Waals surface area (Å²) in [7, 11) is 0. The Morgan fingerprint density at radius 2 is 1.75 bits per heavy atom. The lowest BCUT2D eigenvalue weighted by Crippen LogP contribution is -2.14. The van der Waals surface area contributed by atoms with Crippen molar-refractivity contribution in [2.75, 3.05) is 11.1 Å². The summed E-state index contributed by atoms with van der Waals surface area (Å²) in [4.78, 5) is 22.8. The molecule has 0 atom stereocenters. The molecule has 0 fully saturated rings. The van der Waals surface area contributed by atoms with Crippen LogP contribution < -0.4 is 16.8 Å². The first-order chi connectivity index (χ1) is 9.54. The molecule has 0 aliphatic rings. The minimum Gasteiger partial charge on any atom is -0.399 e. The predicted molar refractivity (Wildman–Crippen MR) is 78.1 cm³/mol. The van der Waals surface area contributed by atoms with Crippen LogP contribution in [0.1, 0.15) is 15.9 Å². The molecule has 0 saturated heterocycles. The molecule has 2 aromatic carbocycles. The van der Waals surface area contributed by atoms with Gasteiger partial charge in [0.05, 0.1) is 6.42 Å². The van der Waals surface area contributed by atoms with E-state index in [-0.39, 0.29) is 18.2 Å². The smallest absolute Gasteiger partial charge is 0.255 e. The summed E-state index contributed by atoms with van der Waals surface area (Å²) >= 11 is 0. The average molecular weight is 269 g/mol. The van der Waals surface area contributed by atoms with Crippen molar-refractivity contribution in [3.8, 4) is 0 Å². The van der Waals surface area contributed by atoms with E-state index in [0.29, 0.717) is 16.9 Å². The number of nitrogens with two attached hydrogens (primary N) is 2. The molecule has 0 bridgehead atoms. The fourth-order valence-electron chi connectivity index (χ4n) is 1.79. The van der Waals surface area contributed by atoms with Crippen LogP contribution in [0.15, 0.2) is 48.5 Å². The molecule has 5 N–H and O–H groups in total. The second kappa shape index (κ2) is 5.88. The van der Waals surface area contributed by atoms with Crippen molar-refractivity contribution >= 4 is 23.2 Å². The van der Waals surface area contributed by atoms with Crippen molar-refractivity contribution in [2.45, 2.75) is 6.42 Å². The van der Waals surface area contributed by atoms with Crippen LogP contribution in [0.4, 0.5) is 11.4 Å². The fraction of sp³-hybridized carbons (Fsp3) is 0.0667. The second-order valence-electron chi connectivity index (χ2n) is 4.42. The SMILES string of the molecule is NC(=O)Cc1ccc(NC(=O)c2cccc(N)c2)cc1. The normalized spacial score (nSPS) is 10.0. The molecule has 5 nitrogen and oxygen atoms in total. The summed E-state index contributed by atoms with van der Waals surface area (Å²) in [6.07, 6.45) is 0.184. The molecule has 2 aromatic rings. The molecule has 0 aliphatic carbocycles. The van der Waals surface area contributed by atoms with E-state index in [4.69, 9.17) is 11.5 Å². The van der Waals surface area contributed by atoms with Crippen LogP contribution in [0, 0.1) is 0 Å². The molecular weight excluding hydrogens is 254 g/mol. The van der Waals surface area contributed by atoms with E-state index in [1.165, 1.54) is 0 Å². The Morgan fingerprint density at radius 1 is 1.05 bits per heavy atom. The molecule has 20 heavy (non-hydrogen) atoms. The van der Waals surface area contributed by atoms with Crippen LogP contribution in [0.25, 0.3) is 0 Å². The highest BCUT2D eigenvalue weighted by atomic mass is 16.2. The van der Waals surface area contributed by atoms with Gasteiger partial charge >= 0.3 is 0 Å². The van der Waals surface area contributed by atoms with Crippen LogP contribution in [0.2, 0.25) is 0 Å². The van der Waals surface area contributed by atoms with E-state index in [0.717, 1.165) is 5.56 Å². The van der Waals surface area contributed by atoms with Gasteiger partial charge in [-0.2, -0.15) is 0 Å². The topological polar surface area (TPSA) is 98.2 Å². The number of carbonyl (C=O) groups excluding carboxylic acids is 2. The van der Waals surface area contributed by atoms with Gasteiger partial charge in [0, 0.05) is 16.9 Å². The van der Waals surface area contributed by atoms with Crippen molar-refractivity contribution in [2.24, 2.45) is 5.73 Å². The van der Waals surface area contributed by atoms with Gasteiger partial charge in [-0.05, 0) is 35.9 Å². The number of carbonyl (C=O) groups is 2. The Balaban J connectivity index is 2.06. The lowest BCUT2D eigenvalue weighted by Gasteiger charge is -2.06. The predicted octanol–water partition coefficient (Wildman–Crippen LogP) is 1.55. The fourth-order valence-corrected chi connectivity index (χ4v) is 1.79. The number of benzene rings is 2. The van der Waals surface area contributed by atoms with Gasteiger partial charge in [0.1, 0.15) is 0 Å². The van der Waals surface area contributed by atoms with Gasteiger partial charge in [-0.25, -0.2) is 0 Å². The summed E-state index contributed by atoms with van der Waals surface area (Å²) in [5, 5.41) is 2.76. The van der Waals surface area contributed by atoms with Crippen LogP contribution in [0.5, 0.6) is 0 Å². The summed E-state index contributed by atoms with van der Waals surface area (Å²) in [5.41, 5.74) is 13.2. The van der Waals surface area contributed by atoms with Gasteiger partial charge in [0.15, 0.2) is 0 Å². The number of amides is 2. The van der Waals surface area contributed by atoms with Gasteiger partial charge in [0.2, 0.25) is 5.91 Å². The van der Waals surface area contributed by atoms with Crippen LogP contribution in [-0.2, 0) is 11.2 Å². The van der Waals surface area contributed by atoms with E-state index in [9.17, 15) is 9.59 Å². The molecule has 2 rings (SSSR count). The third kappa shape index (κ3) is 3.58. The molecule has 0 radical (unpaired) electrons. The Kier molecular flexibility index (Phi) is 4.00. The molecule has 0 unspecified atom stereocenters. The molecule has 5 heteroatoms. The quantitative estimate of drug-likeness (QED) is 0.734. The first-order valence-corrected chi connectivity index (χ1v) is 6.09. The van der Waals surface area contributed by atoms with Crippen molar-refractivity contribution < 1.29 is 9.59 Å². The molecule has 2 amide bonds. The monoisotopic (exact) mass is 269 g/mol. The highest BCUT2D eigenvalue weighted by molar-refractivity contribution is 6.04. The van der Waals surface area contributed by atoms with Gasteiger partial charge in [0.25, 0.3) is 5.91 Å². The maximum Gasteiger partial charge on any atom is 0.255 e. The zero-order valence-electron chi connectivity index (χ0n) is 10.8. The number of anilines is 2. The summed E-state index contributed by atoms with van der Waals surface area (Å²) in [5.74, 6) is -0.624. The maximum absolute atomic E-state index is 12.0. The number of rotatable bonds is 4. The number of nitrogen functional groups attached to an aromatic ring is 1. The van der Waals surface area contributed by atoms with Crippen molar-refractivity contribution in [3.05, 3.63) is 59.7 Å². The molecule has 0 aromatic heterocycles. The second-order valence-corrected chi connectivity index (χ2v) is 4.42. The van der Waals surface area contributed by atoms with E-state index in [2.05, 4.69) is 5.32 Å². The Bertz CT molecular complexity index is 636. The summed E-state index contributed by atoms with van der Waals surface area (Å²) in [6, 6.07) is 13.7. The van der Waals surface area contributed by atoms with Gasteiger partial charge in [-0.3, -0.25) is 9.59 Å². The van der Waals surface area contributed by atoms with E-state index in [1.807, 2.05) is 0 Å². The molecule has 102 valence electrons. The molecule has 0 spiro atoms. The summed E-state index contributed by atoms with van der Waals surface area (Å²) in [6.45, 7) is 0. The van der Waals surface area contributed by atoms with Gasteiger partial charge < -0.3 is 16.8 Å². The minimum absolute atomic E-state index is 0.184. The minimum atomic E-state index is -0.387. The standard InChI is InChI=1S/C15H15N3O2/c16-12-3-1-2-11(9-12)15(20)18-13-6-4-10(5-7-13)8-14(17)19/h1-7,9H,8,16H2,(H2,17,19)(H,18,20). The zero-order chi connectivity index (χ0) is 14.5. The third-order valence-corrected chi connectivity index (χ3v) is 2.74. The molecule has 0 aliphatic heterocycles. The number of primary amides is 1. The number of hydrogen-bond acceptors (Lipinski definition) is 3. The maximum atomic E-state index is 12.0. The van der Waals surface area contributed by atoms with Crippen molar-refractivity contribution in [1.82, 2.24) is 0 Å². The van der Waals surface area contributed by atoms with Crippen LogP contribution in [-0.4, -0.2) is 11.8 Å². The average Bonchev–Trinajstić information content (AvgIpc) is 2.40. The van der Waals surface area contributed by atoms with Gasteiger partial charge in [-0.15, -0.1) is 0 Å². The lowest BCUT2D eigenvalue weighted by molar-refractivity contribution is -0.117. The number of hydrogen-bond donors (Lipinski definition) is 3. The lowest BCUT2D eigenvalue weighted by atomic mass is 10.1. The third-order valence-electron chi connectivity index (χ3n) is 2.74. The molecular formula is C15H15N3O2. The van der Waals surface area contributed by atoms with Crippen molar-refractivity contribution in [3.63, 3.8) is 0 Å². The van der Waals surface area contributed by atoms with Crippen molar-refractivity contribution in [1.29, 1.82) is 0 Å². The van der Waals surface area contributed by atoms with E-state index >= 15 is 0 Å². The van der Waals surface area contributed by atoms with Gasteiger partial charge in [-0.1, -0.05) is 18.2 Å². The van der Waals surface area contributed by atoms with E-state index < -0.39 is 0 Å². The zero-order valence-corrected chi connectivity index (χ0v) is 10.8. The Hall–Kier alpha value is -2.82. The van der Waals surface area contributed by atoms with Crippen LogP contribution >= 0.6 is 0 Å². The number of nitrogens with one attached hydrogen (secondary N) is 1. The molecule has 0 saturated carbocycles. The Labute approximate surface area is 116 Å². The first-order valence-electron chi connectivity index (χ1n) is 6.09. The highest BCUT2D eigenvalue weighted by Crippen LogP contribution is 2.13. The Morgan fingerprint density at radius 3 is 2.35 bits per heavy atom. The first kappa shape index (κ1) is 13.6. The largest absolute Gasteiger partial charge is 0.399 e. The molecule has 0 heterocycles. The highest BCUT2D eigenvalue weighted by Gasteiger charge is 2.06. The van der Waals surface area contributed by atoms with Crippen LogP contribution in [0.3, 0.4) is 0 Å².